The highest BCUT2D eigenvalue weighted by molar-refractivity contribution is 5.81. The molecule has 74 valence electrons. The molecule has 3 N–H and O–H groups in total. The Morgan fingerprint density at radius 1 is 1.23 bits per heavy atom. The monoisotopic (exact) mass is 190 g/mol. The molecule has 0 saturated carbocycles. The third kappa shape index (κ3) is 8.27. The lowest BCUT2D eigenvalue weighted by Gasteiger charge is -2.03. The van der Waals surface area contributed by atoms with Gasteiger partial charge in [-0.25, -0.2) is 4.79 Å². The maximum absolute atomic E-state index is 10.7. The van der Waals surface area contributed by atoms with E-state index in [-0.39, 0.29) is 0 Å². The maximum atomic E-state index is 10.7. The number of hydrogen-bond donors (Lipinski definition) is 3. The smallest absolute Gasteiger partial charge is 0.329 e. The molecule has 0 aromatic rings. The molecule has 13 heavy (non-hydrogen) atoms. The fraction of sp³-hybridized carbons (Fsp3) is 0.500. The van der Waals surface area contributed by atoms with E-state index in [0.29, 0.717) is 0 Å². The minimum Gasteiger partial charge on any atom is -0.480 e. The third-order valence-electron chi connectivity index (χ3n) is 0.837. The van der Waals surface area contributed by atoms with Crippen LogP contribution >= 0.6 is 0 Å². The highest BCUT2D eigenvalue weighted by Crippen LogP contribution is 1.74. The molecular weight excluding hydrogens is 180 g/mol. The van der Waals surface area contributed by atoms with Crippen molar-refractivity contribution in [2.75, 3.05) is 13.2 Å². The fourth-order valence-corrected chi connectivity index (χ4v) is 0.425. The maximum Gasteiger partial charge on any atom is 0.329 e. The van der Waals surface area contributed by atoms with Crippen LogP contribution in [-0.2, 0) is 19.1 Å². The molecule has 0 heterocycles. The number of rotatable bonds is 4. The van der Waals surface area contributed by atoms with E-state index in [1.807, 2.05) is 10.9 Å². The summed E-state index contributed by atoms with van der Waals surface area (Å²) in [7, 11) is 0. The lowest BCUT2D eigenvalue weighted by Crippen LogP contribution is -2.42. The minimum absolute atomic E-state index is 0.410. The van der Waals surface area contributed by atoms with Gasteiger partial charge in [-0.1, -0.05) is 0 Å². The van der Waals surface area contributed by atoms with E-state index in [1.165, 1.54) is 6.92 Å². The van der Waals surface area contributed by atoms with E-state index in [2.05, 4.69) is 4.74 Å². The molecule has 2 amide bonds. The number of aliphatic carboxylic acids is 1. The van der Waals surface area contributed by atoms with Gasteiger partial charge in [0.1, 0.15) is 13.2 Å². The van der Waals surface area contributed by atoms with Gasteiger partial charge >= 0.3 is 5.97 Å². The zero-order valence-corrected chi connectivity index (χ0v) is 6.99. The van der Waals surface area contributed by atoms with Crippen LogP contribution < -0.4 is 10.9 Å². The standard InChI is InChI=1S/C6H10N2O5/c1-4(9)7-8-5(10)2-13-3-6(11)12/h2-3H2,1H3,(H,7,9)(H,8,10)(H,11,12). The molecule has 0 atom stereocenters. The predicted molar refractivity (Wildman–Crippen MR) is 40.4 cm³/mol. The molecule has 0 aliphatic heterocycles. The highest BCUT2D eigenvalue weighted by atomic mass is 16.5. The second-order valence-corrected chi connectivity index (χ2v) is 2.12. The van der Waals surface area contributed by atoms with Crippen LogP contribution in [0.25, 0.3) is 0 Å². The number of ether oxygens (including phenoxy) is 1. The van der Waals surface area contributed by atoms with Crippen LogP contribution in [0.2, 0.25) is 0 Å². The van der Waals surface area contributed by atoms with Crippen LogP contribution in [-0.4, -0.2) is 36.1 Å². The van der Waals surface area contributed by atoms with Crippen molar-refractivity contribution in [1.82, 2.24) is 10.9 Å². The number of hydrazine groups is 1. The van der Waals surface area contributed by atoms with Gasteiger partial charge in [-0.05, 0) is 0 Å². The van der Waals surface area contributed by atoms with Crippen LogP contribution in [0.1, 0.15) is 6.92 Å². The molecule has 0 unspecified atom stereocenters. The molecule has 0 aliphatic carbocycles. The van der Waals surface area contributed by atoms with Crippen molar-refractivity contribution in [2.45, 2.75) is 6.92 Å². The summed E-state index contributed by atoms with van der Waals surface area (Å²) in [6.07, 6.45) is 0. The van der Waals surface area contributed by atoms with Crippen LogP contribution in [0.4, 0.5) is 0 Å². The Labute approximate surface area is 74.0 Å². The van der Waals surface area contributed by atoms with Gasteiger partial charge in [-0.15, -0.1) is 0 Å². The quantitative estimate of drug-likeness (QED) is 0.456. The van der Waals surface area contributed by atoms with E-state index in [1.54, 1.807) is 0 Å². The average Bonchev–Trinajstić information content (AvgIpc) is 2.00. The predicted octanol–water partition coefficient (Wildman–Crippen LogP) is -1.75. The summed E-state index contributed by atoms with van der Waals surface area (Å²) in [4.78, 5) is 30.9. The molecule has 0 bridgehead atoms. The topological polar surface area (TPSA) is 105 Å². The summed E-state index contributed by atoms with van der Waals surface area (Å²) in [6.45, 7) is 0.262. The number of carbonyl (C=O) groups is 3. The van der Waals surface area contributed by atoms with Crippen LogP contribution in [0, 0.1) is 0 Å². The molecule has 7 nitrogen and oxygen atoms in total. The summed E-state index contributed by atoms with van der Waals surface area (Å²) >= 11 is 0. The molecule has 0 saturated heterocycles. The van der Waals surface area contributed by atoms with Crippen molar-refractivity contribution >= 4 is 17.8 Å². The van der Waals surface area contributed by atoms with E-state index in [9.17, 15) is 14.4 Å². The SMILES string of the molecule is CC(=O)NNC(=O)COCC(=O)O. The highest BCUT2D eigenvalue weighted by Gasteiger charge is 2.03. The Bertz CT molecular complexity index is 215. The molecular formula is C6H10N2O5. The summed E-state index contributed by atoms with van der Waals surface area (Å²) in [5.41, 5.74) is 4.02. The first-order valence-corrected chi connectivity index (χ1v) is 3.37. The summed E-state index contributed by atoms with van der Waals surface area (Å²) in [6, 6.07) is 0. The first kappa shape index (κ1) is 11.4. The Balaban J connectivity index is 3.41. The third-order valence-corrected chi connectivity index (χ3v) is 0.837. The van der Waals surface area contributed by atoms with Crippen molar-refractivity contribution < 1.29 is 24.2 Å². The largest absolute Gasteiger partial charge is 0.480 e. The first-order chi connectivity index (χ1) is 6.02. The molecule has 0 aromatic carbocycles. The Hall–Kier alpha value is -1.63. The zero-order chi connectivity index (χ0) is 10.3. The molecule has 0 spiro atoms. The molecule has 0 aromatic heterocycles. The number of carboxylic acids is 1. The van der Waals surface area contributed by atoms with Gasteiger partial charge in [0.2, 0.25) is 5.91 Å². The van der Waals surface area contributed by atoms with Crippen LogP contribution in [0.15, 0.2) is 0 Å². The molecule has 0 rings (SSSR count). The number of carboxylic acid groups (broad SMARTS) is 1. The lowest BCUT2D eigenvalue weighted by atomic mass is 10.6. The van der Waals surface area contributed by atoms with Crippen molar-refractivity contribution in [3.05, 3.63) is 0 Å². The Morgan fingerprint density at radius 2 is 1.85 bits per heavy atom. The second-order valence-electron chi connectivity index (χ2n) is 2.12. The van der Waals surface area contributed by atoms with Crippen molar-refractivity contribution in [3.8, 4) is 0 Å². The number of amides is 2. The Kier molecular flexibility index (Phi) is 5.20. The molecule has 0 aliphatic rings. The van der Waals surface area contributed by atoms with Crippen LogP contribution in [0.3, 0.4) is 0 Å². The van der Waals surface area contributed by atoms with Gasteiger partial charge in [0.25, 0.3) is 5.91 Å². The second kappa shape index (κ2) is 5.95. The van der Waals surface area contributed by atoms with E-state index < -0.39 is 31.0 Å². The normalized spacial score (nSPS) is 9.00. The summed E-state index contributed by atoms with van der Waals surface area (Å²) < 4.78 is 4.43. The van der Waals surface area contributed by atoms with Crippen molar-refractivity contribution in [1.29, 1.82) is 0 Å². The van der Waals surface area contributed by atoms with Gasteiger partial charge in [-0.3, -0.25) is 20.4 Å². The Morgan fingerprint density at radius 3 is 2.31 bits per heavy atom. The summed E-state index contributed by atoms with van der Waals surface area (Å²) in [5, 5.41) is 8.12. The van der Waals surface area contributed by atoms with Crippen molar-refractivity contribution in [2.24, 2.45) is 0 Å². The van der Waals surface area contributed by atoms with Gasteiger partial charge in [0, 0.05) is 6.92 Å². The lowest BCUT2D eigenvalue weighted by molar-refractivity contribution is -0.144. The first-order valence-electron chi connectivity index (χ1n) is 3.37. The number of carbonyl (C=O) groups excluding carboxylic acids is 2. The van der Waals surface area contributed by atoms with Gasteiger partial charge in [-0.2, -0.15) is 0 Å². The fourth-order valence-electron chi connectivity index (χ4n) is 0.425. The van der Waals surface area contributed by atoms with Crippen molar-refractivity contribution in [3.63, 3.8) is 0 Å². The zero-order valence-electron chi connectivity index (χ0n) is 6.99. The molecule has 7 heteroatoms. The van der Waals surface area contributed by atoms with Crippen LogP contribution in [0.5, 0.6) is 0 Å². The van der Waals surface area contributed by atoms with E-state index in [4.69, 9.17) is 5.11 Å². The van der Waals surface area contributed by atoms with Gasteiger partial charge in [0.05, 0.1) is 0 Å². The van der Waals surface area contributed by atoms with Gasteiger partial charge < -0.3 is 9.84 Å². The van der Waals surface area contributed by atoms with Gasteiger partial charge in [0.15, 0.2) is 0 Å². The minimum atomic E-state index is -1.16. The summed E-state index contributed by atoms with van der Waals surface area (Å²) in [5.74, 6) is -2.20. The molecule has 0 fully saturated rings. The number of hydrogen-bond acceptors (Lipinski definition) is 4. The van der Waals surface area contributed by atoms with E-state index >= 15 is 0 Å². The average molecular weight is 190 g/mol. The van der Waals surface area contributed by atoms with E-state index in [0.717, 1.165) is 0 Å². The number of nitrogens with one attached hydrogen (secondary N) is 2. The molecule has 0 radical (unpaired) electrons.